The van der Waals surface area contributed by atoms with Gasteiger partial charge in [0.25, 0.3) is 0 Å². The highest BCUT2D eigenvalue weighted by Gasteiger charge is 2.38. The lowest BCUT2D eigenvalue weighted by Gasteiger charge is -2.34. The van der Waals surface area contributed by atoms with Crippen molar-refractivity contribution in [3.05, 3.63) is 53.9 Å². The number of carbonyl (C=O) groups excluding carboxylic acids is 1. The lowest BCUT2D eigenvalue weighted by molar-refractivity contribution is -0.192. The number of carboxylic acid groups (broad SMARTS) is 1. The Morgan fingerprint density at radius 2 is 1.84 bits per heavy atom. The number of amides is 1. The van der Waals surface area contributed by atoms with Crippen molar-refractivity contribution in [3.63, 3.8) is 0 Å². The van der Waals surface area contributed by atoms with Crippen molar-refractivity contribution in [1.82, 2.24) is 20.0 Å². The number of rotatable bonds is 6. The van der Waals surface area contributed by atoms with Gasteiger partial charge in [-0.1, -0.05) is 30.3 Å². The maximum absolute atomic E-state index is 11.8. The van der Waals surface area contributed by atoms with Gasteiger partial charge in [-0.05, 0) is 30.9 Å². The highest BCUT2D eigenvalue weighted by molar-refractivity contribution is 5.80. The Morgan fingerprint density at radius 3 is 2.45 bits per heavy atom. The SMILES string of the molecule is O=C(NCCC1CN(Cc2ccccc2)Cc2ccnn21)C1CC1.O=C(O)C(F)(F)F. The zero-order valence-corrected chi connectivity index (χ0v) is 16.9. The first-order valence-electron chi connectivity index (χ1n) is 10.1. The molecule has 10 heteroatoms. The minimum atomic E-state index is -5.08. The van der Waals surface area contributed by atoms with Gasteiger partial charge >= 0.3 is 12.1 Å². The summed E-state index contributed by atoms with van der Waals surface area (Å²) in [4.78, 5) is 23.2. The molecule has 1 aliphatic heterocycles. The monoisotopic (exact) mass is 438 g/mol. The normalized spacial score (nSPS) is 18.5. The molecule has 2 aromatic rings. The summed E-state index contributed by atoms with van der Waals surface area (Å²) in [7, 11) is 0. The molecule has 2 heterocycles. The molecule has 1 atom stereocenters. The van der Waals surface area contributed by atoms with E-state index in [1.807, 2.05) is 6.20 Å². The van der Waals surface area contributed by atoms with Gasteiger partial charge in [-0.15, -0.1) is 0 Å². The second-order valence-corrected chi connectivity index (χ2v) is 7.73. The van der Waals surface area contributed by atoms with Gasteiger partial charge in [0.1, 0.15) is 0 Å². The third-order valence-corrected chi connectivity index (χ3v) is 5.17. The topological polar surface area (TPSA) is 87.5 Å². The quantitative estimate of drug-likeness (QED) is 0.724. The predicted molar refractivity (Wildman–Crippen MR) is 106 cm³/mol. The number of nitrogens with zero attached hydrogens (tertiary/aromatic N) is 3. The molecule has 2 aliphatic rings. The Bertz CT molecular complexity index is 881. The summed E-state index contributed by atoms with van der Waals surface area (Å²) in [5.74, 6) is -2.24. The molecule has 1 amide bonds. The fourth-order valence-corrected chi connectivity index (χ4v) is 3.49. The van der Waals surface area contributed by atoms with E-state index in [1.54, 1.807) is 0 Å². The number of alkyl halides is 3. The van der Waals surface area contributed by atoms with E-state index < -0.39 is 12.1 Å². The number of hydrogen-bond acceptors (Lipinski definition) is 4. The van der Waals surface area contributed by atoms with Crippen molar-refractivity contribution in [2.24, 2.45) is 5.92 Å². The summed E-state index contributed by atoms with van der Waals surface area (Å²) >= 11 is 0. The van der Waals surface area contributed by atoms with Crippen LogP contribution in [0, 0.1) is 5.92 Å². The van der Waals surface area contributed by atoms with Crippen LogP contribution in [0.3, 0.4) is 0 Å². The summed E-state index contributed by atoms with van der Waals surface area (Å²) in [5.41, 5.74) is 2.60. The number of benzene rings is 1. The smallest absolute Gasteiger partial charge is 0.475 e. The Balaban J connectivity index is 0.000000339. The van der Waals surface area contributed by atoms with Crippen LogP contribution in [0.15, 0.2) is 42.6 Å². The number of nitrogens with one attached hydrogen (secondary N) is 1. The number of carbonyl (C=O) groups is 2. The Kier molecular flexibility index (Phi) is 7.32. The lowest BCUT2D eigenvalue weighted by atomic mass is 10.1. The van der Waals surface area contributed by atoms with Crippen molar-refractivity contribution in [2.75, 3.05) is 13.1 Å². The average molecular weight is 438 g/mol. The second-order valence-electron chi connectivity index (χ2n) is 7.73. The molecule has 0 bridgehead atoms. The molecule has 1 fully saturated rings. The second kappa shape index (κ2) is 9.95. The van der Waals surface area contributed by atoms with Crippen LogP contribution in [0.1, 0.15) is 36.6 Å². The van der Waals surface area contributed by atoms with E-state index in [4.69, 9.17) is 9.90 Å². The van der Waals surface area contributed by atoms with Gasteiger partial charge in [0.05, 0.1) is 11.7 Å². The number of halogens is 3. The van der Waals surface area contributed by atoms with Crippen molar-refractivity contribution in [2.45, 2.75) is 44.6 Å². The molecule has 2 N–H and O–H groups in total. The van der Waals surface area contributed by atoms with Crippen LogP contribution in [0.5, 0.6) is 0 Å². The third-order valence-electron chi connectivity index (χ3n) is 5.17. The molecule has 1 unspecified atom stereocenters. The summed E-state index contributed by atoms with van der Waals surface area (Å²) in [5, 5.41) is 14.7. The van der Waals surface area contributed by atoms with E-state index in [0.29, 0.717) is 6.04 Å². The summed E-state index contributed by atoms with van der Waals surface area (Å²) in [6.45, 7) is 3.60. The molecule has 0 saturated heterocycles. The predicted octanol–water partition coefficient (Wildman–Crippen LogP) is 2.99. The van der Waals surface area contributed by atoms with Crippen molar-refractivity contribution >= 4 is 11.9 Å². The van der Waals surface area contributed by atoms with Gasteiger partial charge in [-0.3, -0.25) is 14.4 Å². The first-order chi connectivity index (χ1) is 14.7. The van der Waals surface area contributed by atoms with Crippen molar-refractivity contribution in [1.29, 1.82) is 0 Å². The molecule has 1 aliphatic carbocycles. The lowest BCUT2D eigenvalue weighted by Crippen LogP contribution is -2.39. The average Bonchev–Trinajstić information content (AvgIpc) is 3.46. The maximum Gasteiger partial charge on any atom is 0.490 e. The Morgan fingerprint density at radius 1 is 1.16 bits per heavy atom. The van der Waals surface area contributed by atoms with Crippen molar-refractivity contribution in [3.8, 4) is 0 Å². The van der Waals surface area contributed by atoms with E-state index in [1.165, 1.54) is 11.3 Å². The fraction of sp³-hybridized carbons (Fsp3) is 0.476. The number of aliphatic carboxylic acids is 1. The van der Waals surface area contributed by atoms with Gasteiger partial charge in [-0.2, -0.15) is 18.3 Å². The molecule has 31 heavy (non-hydrogen) atoms. The zero-order valence-electron chi connectivity index (χ0n) is 16.9. The number of carboxylic acids is 1. The van der Waals surface area contributed by atoms with Gasteiger partial charge in [0.15, 0.2) is 0 Å². The molecule has 4 rings (SSSR count). The summed E-state index contributed by atoms with van der Waals surface area (Å²) in [6, 6.07) is 13.0. The molecule has 0 spiro atoms. The summed E-state index contributed by atoms with van der Waals surface area (Å²) in [6.07, 6.45) is -0.150. The van der Waals surface area contributed by atoms with Crippen LogP contribution in [0.2, 0.25) is 0 Å². The standard InChI is InChI=1S/C19H24N4O.C2HF3O2/c24-19(16-6-7-16)20-10-8-17-13-22(12-15-4-2-1-3-5-15)14-18-9-11-21-23(17)18;3-2(4,5)1(6)7/h1-5,9,11,16-17H,6-8,10,12-14H2,(H,20,24);(H,6,7). The third kappa shape index (κ3) is 6.81. The van der Waals surface area contributed by atoms with Gasteiger partial charge in [-0.25, -0.2) is 4.79 Å². The molecule has 1 aromatic carbocycles. The van der Waals surface area contributed by atoms with E-state index in [2.05, 4.69) is 56.4 Å². The first kappa shape index (κ1) is 22.8. The molecular formula is C21H25F3N4O3. The Labute approximate surface area is 177 Å². The molecule has 168 valence electrons. The van der Waals surface area contributed by atoms with E-state index in [0.717, 1.165) is 45.4 Å². The molecular weight excluding hydrogens is 413 g/mol. The van der Waals surface area contributed by atoms with Gasteiger partial charge in [0.2, 0.25) is 5.91 Å². The minimum Gasteiger partial charge on any atom is -0.475 e. The fourth-order valence-electron chi connectivity index (χ4n) is 3.49. The molecule has 1 saturated carbocycles. The number of fused-ring (bicyclic) bond motifs is 1. The molecule has 7 nitrogen and oxygen atoms in total. The highest BCUT2D eigenvalue weighted by Crippen LogP contribution is 2.29. The van der Waals surface area contributed by atoms with Crippen LogP contribution in [0.4, 0.5) is 13.2 Å². The molecule has 1 aromatic heterocycles. The number of aromatic nitrogens is 2. The van der Waals surface area contributed by atoms with Crippen LogP contribution >= 0.6 is 0 Å². The van der Waals surface area contributed by atoms with Crippen LogP contribution in [-0.4, -0.2) is 50.9 Å². The molecule has 0 radical (unpaired) electrons. The first-order valence-corrected chi connectivity index (χ1v) is 10.1. The largest absolute Gasteiger partial charge is 0.490 e. The maximum atomic E-state index is 11.8. The highest BCUT2D eigenvalue weighted by atomic mass is 19.4. The van der Waals surface area contributed by atoms with Gasteiger partial charge < -0.3 is 10.4 Å². The Hall–Kier alpha value is -2.88. The van der Waals surface area contributed by atoms with Crippen LogP contribution in [-0.2, 0) is 22.7 Å². The van der Waals surface area contributed by atoms with Gasteiger partial charge in [0, 0.05) is 38.3 Å². The summed E-state index contributed by atoms with van der Waals surface area (Å²) < 4.78 is 33.9. The van der Waals surface area contributed by atoms with Crippen LogP contribution < -0.4 is 5.32 Å². The van der Waals surface area contributed by atoms with E-state index in [9.17, 15) is 18.0 Å². The van der Waals surface area contributed by atoms with E-state index in [-0.39, 0.29) is 11.8 Å². The van der Waals surface area contributed by atoms with Crippen LogP contribution in [0.25, 0.3) is 0 Å². The minimum absolute atomic E-state index is 0.229. The van der Waals surface area contributed by atoms with Crippen molar-refractivity contribution < 1.29 is 27.9 Å². The number of hydrogen-bond donors (Lipinski definition) is 2. The zero-order chi connectivity index (χ0) is 22.4. The van der Waals surface area contributed by atoms with E-state index >= 15 is 0 Å².